The number of aliphatic hydroxyl groups is 2. The molecule has 1 heterocycles. The Morgan fingerprint density at radius 3 is 2.24 bits per heavy atom. The SMILES string of the molecule is C=CCO[C@@]12Oc3ccc(Oc4ccc5ccccc5c4)cc3[C@H]3[C@H](CCCCO)[C@@H](CCCCO)C=C(C(=NOCc4ccc([N+](=O)[O-])cc4)C[C@@H]1N(CCC)C(=O)CCCCCCCCCCC)[C@H]32. The van der Waals surface area contributed by atoms with Crippen molar-refractivity contribution in [2.75, 3.05) is 26.4 Å². The summed E-state index contributed by atoms with van der Waals surface area (Å²) in [6.45, 7) is 9.37. The molecular weight excluding hydrogens is 895 g/mol. The summed E-state index contributed by atoms with van der Waals surface area (Å²) < 4.78 is 21.4. The summed E-state index contributed by atoms with van der Waals surface area (Å²) in [6.07, 6.45) is 20.4. The number of oxime groups is 1. The number of aliphatic hydroxyl groups excluding tert-OH is 2. The van der Waals surface area contributed by atoms with Gasteiger partial charge in [0.05, 0.1) is 23.2 Å². The third kappa shape index (κ3) is 13.3. The monoisotopic (exact) mass is 972 g/mol. The van der Waals surface area contributed by atoms with E-state index in [9.17, 15) is 25.1 Å². The van der Waals surface area contributed by atoms with Crippen LogP contribution in [0.1, 0.15) is 146 Å². The van der Waals surface area contributed by atoms with E-state index >= 15 is 0 Å². The van der Waals surface area contributed by atoms with Crippen molar-refractivity contribution >= 4 is 28.1 Å². The number of carbonyl (C=O) groups is 1. The molecule has 0 bridgehead atoms. The van der Waals surface area contributed by atoms with Crippen molar-refractivity contribution < 1.29 is 39.0 Å². The van der Waals surface area contributed by atoms with Crippen molar-refractivity contribution in [1.29, 1.82) is 0 Å². The number of allylic oxidation sites excluding steroid dienone is 1. The van der Waals surface area contributed by atoms with Crippen LogP contribution in [0.25, 0.3) is 10.8 Å². The van der Waals surface area contributed by atoms with Crippen LogP contribution in [-0.2, 0) is 21.0 Å². The quantitative estimate of drug-likeness (QED) is 0.0225. The van der Waals surface area contributed by atoms with Crippen LogP contribution in [0.2, 0.25) is 0 Å². The maximum Gasteiger partial charge on any atom is 0.269 e. The molecule has 7 rings (SSSR count). The summed E-state index contributed by atoms with van der Waals surface area (Å²) in [7, 11) is 0. The normalized spacial score (nSPS) is 21.7. The molecule has 6 atom stereocenters. The molecule has 0 aromatic heterocycles. The number of non-ortho nitro benzene ring substituents is 1. The van der Waals surface area contributed by atoms with Crippen LogP contribution >= 0.6 is 0 Å². The second-order valence-corrected chi connectivity index (χ2v) is 19.7. The first-order valence-corrected chi connectivity index (χ1v) is 26.6. The van der Waals surface area contributed by atoms with Gasteiger partial charge in [0.2, 0.25) is 11.7 Å². The first-order valence-electron chi connectivity index (χ1n) is 26.6. The number of fused-ring (bicyclic) bond motifs is 3. The van der Waals surface area contributed by atoms with Gasteiger partial charge >= 0.3 is 0 Å². The molecule has 12 heteroatoms. The summed E-state index contributed by atoms with van der Waals surface area (Å²) in [5.74, 6) is 0.199. The number of nitrogens with zero attached hydrogens (tertiary/aromatic N) is 3. The van der Waals surface area contributed by atoms with Crippen molar-refractivity contribution in [2.24, 2.45) is 22.9 Å². The van der Waals surface area contributed by atoms with Gasteiger partial charge in [-0.3, -0.25) is 14.9 Å². The Morgan fingerprint density at radius 2 is 1.54 bits per heavy atom. The Balaban J connectivity index is 1.34. The average molecular weight is 972 g/mol. The highest BCUT2D eigenvalue weighted by molar-refractivity contribution is 6.03. The van der Waals surface area contributed by atoms with E-state index in [1.54, 1.807) is 18.2 Å². The lowest BCUT2D eigenvalue weighted by atomic mass is 9.55. The van der Waals surface area contributed by atoms with Gasteiger partial charge in [-0.15, -0.1) is 6.58 Å². The number of hydrogen-bond acceptors (Lipinski definition) is 10. The lowest BCUT2D eigenvalue weighted by Gasteiger charge is -2.60. The number of rotatable bonds is 30. The first kappa shape index (κ1) is 53.2. The Kier molecular flexibility index (Phi) is 20.1. The van der Waals surface area contributed by atoms with Gasteiger partial charge in [-0.1, -0.05) is 126 Å². The van der Waals surface area contributed by atoms with Crippen molar-refractivity contribution in [3.05, 3.63) is 130 Å². The average Bonchev–Trinajstić information content (AvgIpc) is 3.38. The summed E-state index contributed by atoms with van der Waals surface area (Å²) in [4.78, 5) is 34.2. The van der Waals surface area contributed by atoms with Crippen molar-refractivity contribution in [2.45, 2.75) is 154 Å². The molecule has 1 saturated carbocycles. The van der Waals surface area contributed by atoms with Crippen LogP contribution in [0.4, 0.5) is 5.69 Å². The summed E-state index contributed by atoms with van der Waals surface area (Å²) in [5, 5.41) is 38.7. The number of amides is 1. The van der Waals surface area contributed by atoms with Crippen LogP contribution < -0.4 is 9.47 Å². The van der Waals surface area contributed by atoms with E-state index in [0.29, 0.717) is 55.2 Å². The van der Waals surface area contributed by atoms with Gasteiger partial charge in [0.15, 0.2) is 0 Å². The minimum absolute atomic E-state index is 0.00303. The van der Waals surface area contributed by atoms with Crippen molar-refractivity contribution in [1.82, 2.24) is 4.90 Å². The van der Waals surface area contributed by atoms with Crippen LogP contribution in [0, 0.1) is 27.9 Å². The van der Waals surface area contributed by atoms with Crippen LogP contribution in [0.5, 0.6) is 17.2 Å². The van der Waals surface area contributed by atoms with Crippen LogP contribution in [0.3, 0.4) is 0 Å². The van der Waals surface area contributed by atoms with E-state index in [0.717, 1.165) is 78.8 Å². The lowest BCUT2D eigenvalue weighted by Crippen LogP contribution is -2.70. The largest absolute Gasteiger partial charge is 0.459 e. The zero-order valence-electron chi connectivity index (χ0n) is 42.2. The van der Waals surface area contributed by atoms with Gasteiger partial charge in [0.25, 0.3) is 5.69 Å². The number of unbranched alkanes of at least 4 members (excludes halogenated alkanes) is 10. The zero-order chi connectivity index (χ0) is 50.0. The molecule has 12 nitrogen and oxygen atoms in total. The Bertz CT molecular complexity index is 2420. The Labute approximate surface area is 421 Å². The molecule has 2 aliphatic carbocycles. The molecule has 0 radical (unpaired) electrons. The van der Waals surface area contributed by atoms with E-state index in [1.807, 2.05) is 35.2 Å². The second-order valence-electron chi connectivity index (χ2n) is 19.7. The first-order chi connectivity index (χ1) is 34.7. The third-order valence-corrected chi connectivity index (χ3v) is 14.8. The molecule has 2 N–H and O–H groups in total. The molecule has 4 aromatic rings. The molecule has 382 valence electrons. The number of carbonyl (C=O) groups excluding carboxylic acids is 1. The molecular formula is C59H77N3O9. The predicted molar refractivity (Wildman–Crippen MR) is 281 cm³/mol. The van der Waals surface area contributed by atoms with E-state index in [1.165, 1.54) is 50.7 Å². The Hall–Kier alpha value is -5.56. The van der Waals surface area contributed by atoms with E-state index in [-0.39, 0.29) is 55.8 Å². The molecule has 1 fully saturated rings. The van der Waals surface area contributed by atoms with Gasteiger partial charge in [-0.25, -0.2) is 0 Å². The van der Waals surface area contributed by atoms with Crippen LogP contribution in [0.15, 0.2) is 114 Å². The summed E-state index contributed by atoms with van der Waals surface area (Å²) >= 11 is 0. The minimum atomic E-state index is -1.36. The molecule has 4 aromatic carbocycles. The van der Waals surface area contributed by atoms with Gasteiger partial charge in [0, 0.05) is 56.2 Å². The topological polar surface area (TPSA) is 153 Å². The standard InChI is InChI=1S/C59H77N3O9/c1-4-7-8-9-10-11-12-13-14-25-56(65)61(34-5-2)55-41-53(60-69-42-43-26-29-47(30-27-43)62(66)67)51-39-46(23-17-19-35-63)50(24-18-20-36-64)57-52-40-49(70-48-31-28-44-21-15-16-22-45(44)38-48)32-33-54(52)71-59(55,58(51)57)68-37-6-3/h6,15-16,21-22,26-33,38-40,46,50,55,57-58,63-64H,3-5,7-14,17-20,23-25,34-37,41-42H2,1-2H3/t46-,50+,55-,57+,58+,59+/m0/s1. The summed E-state index contributed by atoms with van der Waals surface area (Å²) in [5.41, 5.74) is 3.36. The Morgan fingerprint density at radius 1 is 0.845 bits per heavy atom. The molecule has 3 aliphatic rings. The van der Waals surface area contributed by atoms with E-state index in [2.05, 4.69) is 56.8 Å². The van der Waals surface area contributed by atoms with Crippen LogP contribution in [-0.4, -0.2) is 69.8 Å². The lowest BCUT2D eigenvalue weighted by molar-refractivity contribution is -0.384. The minimum Gasteiger partial charge on any atom is -0.459 e. The van der Waals surface area contributed by atoms with Crippen molar-refractivity contribution in [3.63, 3.8) is 0 Å². The zero-order valence-corrected chi connectivity index (χ0v) is 42.2. The number of hydrogen-bond donors (Lipinski definition) is 2. The number of benzene rings is 4. The fourth-order valence-electron chi connectivity index (χ4n) is 11.4. The maximum atomic E-state index is 14.9. The third-order valence-electron chi connectivity index (χ3n) is 14.8. The molecule has 1 amide bonds. The van der Waals surface area contributed by atoms with Gasteiger partial charge in [-0.05, 0) is 115 Å². The van der Waals surface area contributed by atoms with Gasteiger partial charge in [-0.2, -0.15) is 0 Å². The fourth-order valence-corrected chi connectivity index (χ4v) is 11.4. The molecule has 0 saturated heterocycles. The van der Waals surface area contributed by atoms with E-state index < -0.39 is 22.7 Å². The maximum absolute atomic E-state index is 14.9. The highest BCUT2D eigenvalue weighted by Gasteiger charge is 2.65. The van der Waals surface area contributed by atoms with Gasteiger partial charge < -0.3 is 34.2 Å². The van der Waals surface area contributed by atoms with Crippen molar-refractivity contribution in [3.8, 4) is 17.2 Å². The molecule has 0 unspecified atom stereocenters. The smallest absolute Gasteiger partial charge is 0.269 e. The number of ether oxygens (including phenoxy) is 3. The number of nitro groups is 1. The highest BCUT2D eigenvalue weighted by Crippen LogP contribution is 2.62. The fraction of sp³-hybridized carbons (Fsp3) is 0.525. The predicted octanol–water partition coefficient (Wildman–Crippen LogP) is 13.5. The molecule has 1 aliphatic heterocycles. The van der Waals surface area contributed by atoms with Gasteiger partial charge in [0.1, 0.15) is 29.9 Å². The second kappa shape index (κ2) is 26.8. The number of nitro benzene ring substituents is 1. The summed E-state index contributed by atoms with van der Waals surface area (Å²) in [6, 6.07) is 26.0. The molecule has 0 spiro atoms. The molecule has 71 heavy (non-hydrogen) atoms. The highest BCUT2D eigenvalue weighted by atomic mass is 16.7. The van der Waals surface area contributed by atoms with E-state index in [4.69, 9.17) is 24.2 Å².